The number of rotatable bonds is 4. The van der Waals surface area contributed by atoms with E-state index in [2.05, 4.69) is 21.2 Å². The molecule has 0 radical (unpaired) electrons. The van der Waals surface area contributed by atoms with Crippen molar-refractivity contribution in [3.05, 3.63) is 33.3 Å². The summed E-state index contributed by atoms with van der Waals surface area (Å²) in [5.41, 5.74) is -0.491. The molecule has 21 heavy (non-hydrogen) atoms. The van der Waals surface area contributed by atoms with E-state index in [0.717, 1.165) is 19.3 Å². The minimum atomic E-state index is -0.841. The summed E-state index contributed by atoms with van der Waals surface area (Å²) in [7, 11) is 0. The van der Waals surface area contributed by atoms with Gasteiger partial charge < -0.3 is 10.4 Å². The Morgan fingerprint density at radius 3 is 2.57 bits per heavy atom. The zero-order valence-corrected chi connectivity index (χ0v) is 13.8. The van der Waals surface area contributed by atoms with E-state index in [4.69, 9.17) is 11.6 Å². The number of aliphatic carboxylic acids is 1. The molecule has 6 heteroatoms. The maximum atomic E-state index is 12.2. The number of carbonyl (C=O) groups is 2. The molecular weight excluding hydrogens is 358 g/mol. The van der Waals surface area contributed by atoms with Crippen molar-refractivity contribution in [1.82, 2.24) is 5.32 Å². The molecule has 1 aromatic carbocycles. The lowest BCUT2D eigenvalue weighted by Crippen LogP contribution is -2.44. The van der Waals surface area contributed by atoms with Crippen molar-refractivity contribution < 1.29 is 14.7 Å². The van der Waals surface area contributed by atoms with E-state index in [1.807, 2.05) is 0 Å². The smallest absolute Gasteiger partial charge is 0.311 e. The highest BCUT2D eigenvalue weighted by Gasteiger charge is 2.39. The summed E-state index contributed by atoms with van der Waals surface area (Å²) in [6.07, 6.45) is 4.05. The predicted octanol–water partition coefficient (Wildman–Crippen LogP) is 3.87. The van der Waals surface area contributed by atoms with Gasteiger partial charge in [-0.15, -0.1) is 0 Å². The van der Waals surface area contributed by atoms with Crippen LogP contribution in [0.4, 0.5) is 0 Å². The molecule has 2 rings (SSSR count). The van der Waals surface area contributed by atoms with Crippen LogP contribution in [0.1, 0.15) is 42.5 Å². The van der Waals surface area contributed by atoms with Crippen molar-refractivity contribution in [2.45, 2.75) is 32.1 Å². The Morgan fingerprint density at radius 1 is 1.29 bits per heavy atom. The molecular formula is C15H17BrClNO3. The van der Waals surface area contributed by atoms with Crippen LogP contribution in [0.3, 0.4) is 0 Å². The molecule has 1 aliphatic carbocycles. The minimum absolute atomic E-state index is 0.143. The molecule has 0 aliphatic heterocycles. The SMILES string of the molecule is O=C(NCC1(C(=O)O)CCCCC1)c1cccc(Br)c1Cl. The van der Waals surface area contributed by atoms with Gasteiger partial charge in [-0.2, -0.15) is 0 Å². The van der Waals surface area contributed by atoms with E-state index in [-0.39, 0.29) is 12.5 Å². The maximum absolute atomic E-state index is 12.2. The first kappa shape index (κ1) is 16.3. The molecule has 0 spiro atoms. The lowest BCUT2D eigenvalue weighted by atomic mass is 9.74. The van der Waals surface area contributed by atoms with Crippen molar-refractivity contribution in [3.8, 4) is 0 Å². The van der Waals surface area contributed by atoms with Crippen LogP contribution in [0.15, 0.2) is 22.7 Å². The van der Waals surface area contributed by atoms with E-state index in [1.54, 1.807) is 18.2 Å². The number of carboxylic acid groups (broad SMARTS) is 1. The highest BCUT2D eigenvalue weighted by molar-refractivity contribution is 9.10. The third kappa shape index (κ3) is 3.58. The van der Waals surface area contributed by atoms with Crippen molar-refractivity contribution in [3.63, 3.8) is 0 Å². The number of hydrogen-bond acceptors (Lipinski definition) is 2. The second-order valence-electron chi connectivity index (χ2n) is 5.43. The van der Waals surface area contributed by atoms with Gasteiger partial charge in [-0.05, 0) is 40.9 Å². The van der Waals surface area contributed by atoms with Crippen LogP contribution < -0.4 is 5.32 Å². The van der Waals surface area contributed by atoms with Gasteiger partial charge in [0.15, 0.2) is 0 Å². The normalized spacial score (nSPS) is 17.2. The highest BCUT2D eigenvalue weighted by Crippen LogP contribution is 2.36. The summed E-state index contributed by atoms with van der Waals surface area (Å²) in [5.74, 6) is -1.17. The number of benzene rings is 1. The summed E-state index contributed by atoms with van der Waals surface area (Å²) >= 11 is 9.35. The summed E-state index contributed by atoms with van der Waals surface area (Å²) in [6.45, 7) is 0.143. The third-order valence-corrected chi connectivity index (χ3v) is 5.34. The van der Waals surface area contributed by atoms with E-state index >= 15 is 0 Å². The molecule has 0 heterocycles. The molecule has 1 saturated carbocycles. The molecule has 0 unspecified atom stereocenters. The van der Waals surface area contributed by atoms with Gasteiger partial charge in [-0.3, -0.25) is 9.59 Å². The average molecular weight is 375 g/mol. The van der Waals surface area contributed by atoms with Crippen LogP contribution in [0.2, 0.25) is 5.02 Å². The fourth-order valence-corrected chi connectivity index (χ4v) is 3.30. The van der Waals surface area contributed by atoms with Crippen LogP contribution in [-0.2, 0) is 4.79 Å². The lowest BCUT2D eigenvalue weighted by molar-refractivity contribution is -0.150. The number of halogens is 2. The largest absolute Gasteiger partial charge is 0.481 e. The van der Waals surface area contributed by atoms with Crippen molar-refractivity contribution in [2.75, 3.05) is 6.54 Å². The topological polar surface area (TPSA) is 66.4 Å². The quantitative estimate of drug-likeness (QED) is 0.841. The van der Waals surface area contributed by atoms with Gasteiger partial charge in [0.2, 0.25) is 0 Å². The predicted molar refractivity (Wildman–Crippen MR) is 84.6 cm³/mol. The molecule has 114 valence electrons. The Hall–Kier alpha value is -1.07. The summed E-state index contributed by atoms with van der Waals surface area (Å²) in [5, 5.41) is 12.6. The van der Waals surface area contributed by atoms with Gasteiger partial charge in [0, 0.05) is 11.0 Å². The molecule has 0 aromatic heterocycles. The Labute approximate surface area is 137 Å². The van der Waals surface area contributed by atoms with Crippen molar-refractivity contribution in [2.24, 2.45) is 5.41 Å². The first-order valence-corrected chi connectivity index (χ1v) is 8.09. The summed E-state index contributed by atoms with van der Waals surface area (Å²) < 4.78 is 0.641. The van der Waals surface area contributed by atoms with E-state index in [9.17, 15) is 14.7 Å². The molecule has 4 nitrogen and oxygen atoms in total. The van der Waals surface area contributed by atoms with Crippen LogP contribution >= 0.6 is 27.5 Å². The van der Waals surface area contributed by atoms with E-state index < -0.39 is 11.4 Å². The Morgan fingerprint density at radius 2 is 1.95 bits per heavy atom. The number of nitrogens with one attached hydrogen (secondary N) is 1. The summed E-state index contributed by atoms with van der Waals surface area (Å²) in [6, 6.07) is 5.09. The minimum Gasteiger partial charge on any atom is -0.481 e. The number of carboxylic acids is 1. The van der Waals surface area contributed by atoms with Crippen LogP contribution in [-0.4, -0.2) is 23.5 Å². The standard InChI is InChI=1S/C15H17BrClNO3/c16-11-6-4-5-10(12(11)17)13(19)18-9-15(14(20)21)7-2-1-3-8-15/h4-6H,1-3,7-9H2,(H,18,19)(H,20,21). The Balaban J connectivity index is 2.09. The maximum Gasteiger partial charge on any atom is 0.311 e. The zero-order valence-electron chi connectivity index (χ0n) is 11.5. The fourth-order valence-electron chi connectivity index (χ4n) is 2.72. The first-order chi connectivity index (χ1) is 9.96. The van der Waals surface area contributed by atoms with Gasteiger partial charge >= 0.3 is 5.97 Å². The molecule has 0 bridgehead atoms. The molecule has 1 aromatic rings. The fraction of sp³-hybridized carbons (Fsp3) is 0.467. The van der Waals surface area contributed by atoms with Crippen molar-refractivity contribution in [1.29, 1.82) is 0 Å². The van der Waals surface area contributed by atoms with E-state index in [1.165, 1.54) is 0 Å². The highest BCUT2D eigenvalue weighted by atomic mass is 79.9. The third-order valence-electron chi connectivity index (χ3n) is 4.05. The molecule has 0 atom stereocenters. The lowest BCUT2D eigenvalue weighted by Gasteiger charge is -2.33. The molecule has 2 N–H and O–H groups in total. The van der Waals surface area contributed by atoms with Gasteiger partial charge in [0.25, 0.3) is 5.91 Å². The molecule has 1 fully saturated rings. The van der Waals surface area contributed by atoms with Gasteiger partial charge in [0.05, 0.1) is 16.0 Å². The Bertz CT molecular complexity index is 556. The van der Waals surface area contributed by atoms with Gasteiger partial charge in [0.1, 0.15) is 0 Å². The molecule has 1 aliphatic rings. The van der Waals surface area contributed by atoms with E-state index in [0.29, 0.717) is 27.9 Å². The second kappa shape index (κ2) is 6.79. The molecule has 1 amide bonds. The van der Waals surface area contributed by atoms with Crippen LogP contribution in [0.25, 0.3) is 0 Å². The molecule has 0 saturated heterocycles. The van der Waals surface area contributed by atoms with Crippen LogP contribution in [0, 0.1) is 5.41 Å². The number of carbonyl (C=O) groups excluding carboxylic acids is 1. The summed E-state index contributed by atoms with van der Waals surface area (Å²) in [4.78, 5) is 23.8. The second-order valence-corrected chi connectivity index (χ2v) is 6.66. The number of hydrogen-bond donors (Lipinski definition) is 2. The van der Waals surface area contributed by atoms with Gasteiger partial charge in [-0.25, -0.2) is 0 Å². The Kier molecular flexibility index (Phi) is 5.27. The van der Waals surface area contributed by atoms with Gasteiger partial charge in [-0.1, -0.05) is 36.9 Å². The van der Waals surface area contributed by atoms with Crippen LogP contribution in [0.5, 0.6) is 0 Å². The first-order valence-electron chi connectivity index (χ1n) is 6.92. The number of amides is 1. The average Bonchev–Trinajstić information content (AvgIpc) is 2.48. The van der Waals surface area contributed by atoms with Crippen molar-refractivity contribution >= 4 is 39.4 Å². The zero-order chi connectivity index (χ0) is 15.5. The monoisotopic (exact) mass is 373 g/mol.